The molecule has 39 heavy (non-hydrogen) atoms. The molecule has 0 bridgehead atoms. The van der Waals surface area contributed by atoms with Gasteiger partial charge in [-0.1, -0.05) is 11.3 Å². The van der Waals surface area contributed by atoms with Crippen molar-refractivity contribution in [2.75, 3.05) is 26.0 Å². The topological polar surface area (TPSA) is 174 Å². The molecular formula is C23H25F2N9O5. The molecule has 0 spiro atoms. The number of benzene rings is 1. The Morgan fingerprint density at radius 1 is 1.26 bits per heavy atom. The zero-order chi connectivity index (χ0) is 27.9. The van der Waals surface area contributed by atoms with Crippen LogP contribution in [0.2, 0.25) is 0 Å². The van der Waals surface area contributed by atoms with E-state index in [1.54, 1.807) is 30.5 Å². The molecule has 14 nitrogen and oxygen atoms in total. The van der Waals surface area contributed by atoms with E-state index in [0.29, 0.717) is 11.4 Å². The number of methoxy groups -OCH3 is 1. The van der Waals surface area contributed by atoms with Gasteiger partial charge >= 0.3 is 0 Å². The monoisotopic (exact) mass is 545 g/mol. The number of carbonyl (C=O) groups is 1. The van der Waals surface area contributed by atoms with Crippen molar-refractivity contribution >= 4 is 22.9 Å². The highest BCUT2D eigenvalue weighted by Crippen LogP contribution is 2.33. The molecule has 0 aliphatic carbocycles. The molecule has 5 rings (SSSR count). The molecule has 1 aromatic carbocycles. The number of alkyl halides is 2. The molecule has 1 amide bonds. The van der Waals surface area contributed by atoms with Crippen molar-refractivity contribution in [3.8, 4) is 23.0 Å². The van der Waals surface area contributed by atoms with Crippen LogP contribution in [0.3, 0.4) is 0 Å². The summed E-state index contributed by atoms with van der Waals surface area (Å²) in [6.45, 7) is 0.00256. The van der Waals surface area contributed by atoms with E-state index in [1.807, 2.05) is 0 Å². The van der Waals surface area contributed by atoms with Gasteiger partial charge in [-0.05, 0) is 12.1 Å². The summed E-state index contributed by atoms with van der Waals surface area (Å²) in [5.41, 5.74) is 1.01. The first-order valence-corrected chi connectivity index (χ1v) is 11.8. The zero-order valence-electron chi connectivity index (χ0n) is 21.0. The quantitative estimate of drug-likeness (QED) is 0.243. The summed E-state index contributed by atoms with van der Waals surface area (Å²) in [5.74, 6) is -3.11. The third-order valence-electron chi connectivity index (χ3n) is 6.05. The van der Waals surface area contributed by atoms with Gasteiger partial charge in [0.05, 0.1) is 31.9 Å². The molecule has 1 aliphatic rings. The Balaban J connectivity index is 1.58. The van der Waals surface area contributed by atoms with E-state index in [2.05, 4.69) is 35.9 Å². The number of nitrogens with one attached hydrogen (secondary N) is 2. The average Bonchev–Trinajstić information content (AvgIpc) is 3.65. The predicted octanol–water partition coefficient (Wildman–Crippen LogP) is 0.515. The molecule has 4 heterocycles. The summed E-state index contributed by atoms with van der Waals surface area (Å²) in [6, 6.07) is 7.06. The van der Waals surface area contributed by atoms with Crippen molar-refractivity contribution in [2.24, 2.45) is 0 Å². The molecule has 206 valence electrons. The van der Waals surface area contributed by atoms with Crippen LogP contribution in [-0.4, -0.2) is 95.6 Å². The summed E-state index contributed by atoms with van der Waals surface area (Å²) in [5, 5.41) is 34.2. The number of imidazole rings is 1. The van der Waals surface area contributed by atoms with E-state index < -0.39 is 42.9 Å². The van der Waals surface area contributed by atoms with Gasteiger partial charge in [0.15, 0.2) is 40.8 Å². The number of aliphatic hydroxyl groups excluding tert-OH is 2. The third-order valence-corrected chi connectivity index (χ3v) is 6.05. The van der Waals surface area contributed by atoms with Gasteiger partial charge in [-0.25, -0.2) is 28.4 Å². The minimum absolute atomic E-state index is 0.0104. The fourth-order valence-electron chi connectivity index (χ4n) is 4.07. The Hall–Kier alpha value is -4.28. The van der Waals surface area contributed by atoms with E-state index >= 15 is 0 Å². The van der Waals surface area contributed by atoms with E-state index in [0.717, 1.165) is 6.92 Å². The predicted molar refractivity (Wildman–Crippen MR) is 131 cm³/mol. The number of aliphatic hydroxyl groups is 2. The number of hydrogen-bond donors (Lipinski definition) is 4. The number of anilines is 1. The fraction of sp³-hybridized carbons (Fsp3) is 0.391. The average molecular weight is 546 g/mol. The van der Waals surface area contributed by atoms with Crippen molar-refractivity contribution in [3.05, 3.63) is 36.8 Å². The van der Waals surface area contributed by atoms with Crippen LogP contribution in [0.1, 0.15) is 13.2 Å². The molecule has 0 radical (unpaired) electrons. The minimum Gasteiger partial charge on any atom is -0.497 e. The van der Waals surface area contributed by atoms with E-state index in [4.69, 9.17) is 9.47 Å². The lowest BCUT2D eigenvalue weighted by Crippen LogP contribution is -2.41. The summed E-state index contributed by atoms with van der Waals surface area (Å²) in [4.78, 5) is 25.2. The first-order valence-electron chi connectivity index (χ1n) is 11.8. The second-order valence-electron chi connectivity index (χ2n) is 8.94. The molecule has 4 N–H and O–H groups in total. The number of rotatable bonds is 8. The van der Waals surface area contributed by atoms with Crippen LogP contribution >= 0.6 is 0 Å². The van der Waals surface area contributed by atoms with Crippen LogP contribution < -0.4 is 15.4 Å². The van der Waals surface area contributed by atoms with Gasteiger partial charge in [-0.3, -0.25) is 9.36 Å². The van der Waals surface area contributed by atoms with Gasteiger partial charge in [0.25, 0.3) is 11.8 Å². The molecule has 3 aromatic heterocycles. The number of nitrogens with zero attached hydrogens (tertiary/aromatic N) is 7. The van der Waals surface area contributed by atoms with E-state index in [-0.39, 0.29) is 28.5 Å². The fourth-order valence-corrected chi connectivity index (χ4v) is 4.07. The molecular weight excluding hydrogens is 520 g/mol. The number of amides is 1. The van der Waals surface area contributed by atoms with Crippen molar-refractivity contribution in [1.29, 1.82) is 0 Å². The van der Waals surface area contributed by atoms with Gasteiger partial charge in [0, 0.05) is 20.0 Å². The van der Waals surface area contributed by atoms with E-state index in [1.165, 1.54) is 29.7 Å². The van der Waals surface area contributed by atoms with Gasteiger partial charge in [0.2, 0.25) is 0 Å². The number of carbonyl (C=O) groups excluding carboxylic acids is 1. The Kier molecular flexibility index (Phi) is 6.83. The SMILES string of the molecule is CNC(=O)C1OC(n2cnc3c(NCC(C)(F)F)nc(-c4cn(-c5cccc(OC)c5)nn4)nc32)[C@H](O)[C@@H]1O. The standard InChI is InChI=1S/C23H25F2N9O5/c1-23(24,25)9-27-19-14-20(33(10-28-14)22-16(36)15(35)17(39-22)21(37)26-2)30-18(29-19)13-8-34(32-31-13)11-5-4-6-12(7-11)38-3/h4-8,10,15-17,22,35-36H,9H2,1-3H3,(H,26,37)(H,27,29,30)/t15-,16+,17?,22?/m0/s1. The molecule has 1 fully saturated rings. The zero-order valence-corrected chi connectivity index (χ0v) is 21.0. The van der Waals surface area contributed by atoms with Crippen LogP contribution in [0.4, 0.5) is 14.6 Å². The molecule has 1 saturated heterocycles. The molecule has 4 aromatic rings. The maximum absolute atomic E-state index is 13.7. The van der Waals surface area contributed by atoms with Crippen LogP contribution in [0.15, 0.2) is 36.8 Å². The van der Waals surface area contributed by atoms with Gasteiger partial charge in [-0.15, -0.1) is 5.10 Å². The van der Waals surface area contributed by atoms with Crippen molar-refractivity contribution in [2.45, 2.75) is 37.4 Å². The highest BCUT2D eigenvalue weighted by atomic mass is 19.3. The largest absolute Gasteiger partial charge is 0.497 e. The van der Waals surface area contributed by atoms with Crippen LogP contribution in [0.5, 0.6) is 5.75 Å². The molecule has 16 heteroatoms. The maximum atomic E-state index is 13.7. The Morgan fingerprint density at radius 3 is 2.77 bits per heavy atom. The summed E-state index contributed by atoms with van der Waals surface area (Å²) < 4.78 is 41.0. The molecule has 0 saturated carbocycles. The summed E-state index contributed by atoms with van der Waals surface area (Å²) >= 11 is 0. The number of halogens is 2. The number of fused-ring (bicyclic) bond motifs is 1. The number of likely N-dealkylation sites (N-methyl/N-ethyl adjacent to an activating group) is 1. The molecule has 1 aliphatic heterocycles. The first kappa shape index (κ1) is 26.3. The normalized spacial score (nSPS) is 21.3. The number of aromatic nitrogens is 7. The Bertz CT molecular complexity index is 1500. The highest BCUT2D eigenvalue weighted by molar-refractivity contribution is 5.85. The number of hydrogen-bond acceptors (Lipinski definition) is 11. The summed E-state index contributed by atoms with van der Waals surface area (Å²) in [7, 11) is 2.90. The second kappa shape index (κ2) is 10.1. The second-order valence-corrected chi connectivity index (χ2v) is 8.94. The lowest BCUT2D eigenvalue weighted by Gasteiger charge is -2.17. The molecule has 2 unspecified atom stereocenters. The van der Waals surface area contributed by atoms with Crippen molar-refractivity contribution in [1.82, 2.24) is 39.8 Å². The van der Waals surface area contributed by atoms with Crippen LogP contribution in [0, 0.1) is 0 Å². The Labute approximate surface area is 219 Å². The number of ether oxygens (including phenoxy) is 2. The lowest BCUT2D eigenvalue weighted by molar-refractivity contribution is -0.137. The van der Waals surface area contributed by atoms with Crippen LogP contribution in [-0.2, 0) is 9.53 Å². The van der Waals surface area contributed by atoms with Gasteiger partial charge in [-0.2, -0.15) is 0 Å². The van der Waals surface area contributed by atoms with Crippen LogP contribution in [0.25, 0.3) is 28.4 Å². The summed E-state index contributed by atoms with van der Waals surface area (Å²) in [6.07, 6.45) is -2.88. The van der Waals surface area contributed by atoms with Gasteiger partial charge < -0.3 is 30.3 Å². The third kappa shape index (κ3) is 5.08. The molecule has 4 atom stereocenters. The highest BCUT2D eigenvalue weighted by Gasteiger charge is 2.47. The van der Waals surface area contributed by atoms with Gasteiger partial charge in [0.1, 0.15) is 18.0 Å². The minimum atomic E-state index is -3.06. The Morgan fingerprint density at radius 2 is 2.05 bits per heavy atom. The van der Waals surface area contributed by atoms with Crippen molar-refractivity contribution < 1.29 is 33.3 Å². The first-order chi connectivity index (χ1) is 18.6. The lowest BCUT2D eigenvalue weighted by atomic mass is 10.1. The van der Waals surface area contributed by atoms with E-state index in [9.17, 15) is 23.8 Å². The van der Waals surface area contributed by atoms with Crippen molar-refractivity contribution in [3.63, 3.8) is 0 Å². The smallest absolute Gasteiger partial charge is 0.262 e. The maximum Gasteiger partial charge on any atom is 0.262 e.